The fourth-order valence-corrected chi connectivity index (χ4v) is 2.85. The number of carbonyl (C=O) groups is 1. The molecule has 0 aliphatic rings. The molecule has 1 aromatic heterocycles. The van der Waals surface area contributed by atoms with Gasteiger partial charge in [-0.2, -0.15) is 0 Å². The highest BCUT2D eigenvalue weighted by molar-refractivity contribution is 5.92. The summed E-state index contributed by atoms with van der Waals surface area (Å²) < 4.78 is 16.2. The highest BCUT2D eigenvalue weighted by Crippen LogP contribution is 2.23. The minimum atomic E-state index is -0.385. The average Bonchev–Trinajstić information content (AvgIpc) is 2.79. The van der Waals surface area contributed by atoms with Gasteiger partial charge in [-0.05, 0) is 55.8 Å². The number of hydrogen-bond acceptors (Lipinski definition) is 7. The highest BCUT2D eigenvalue weighted by atomic mass is 16.5. The van der Waals surface area contributed by atoms with E-state index in [0.717, 1.165) is 16.9 Å². The molecule has 0 atom stereocenters. The Balaban J connectivity index is 1.63. The maximum atomic E-state index is 12.5. The minimum absolute atomic E-state index is 0.100. The molecule has 162 valence electrons. The third-order valence-corrected chi connectivity index (χ3v) is 4.29. The van der Waals surface area contributed by atoms with Gasteiger partial charge in [-0.15, -0.1) is 0 Å². The molecular weight excluding hydrogens is 396 g/mol. The summed E-state index contributed by atoms with van der Waals surface area (Å²) in [6, 6.07) is 13.0. The van der Waals surface area contributed by atoms with Gasteiger partial charge in [-0.3, -0.25) is 15.2 Å². The topological polar surface area (TPSA) is 94.6 Å². The van der Waals surface area contributed by atoms with Crippen LogP contribution in [0.5, 0.6) is 17.2 Å². The van der Waals surface area contributed by atoms with Crippen molar-refractivity contribution in [3.8, 4) is 28.5 Å². The Kier molecular flexibility index (Phi) is 7.40. The fourth-order valence-electron chi connectivity index (χ4n) is 2.85. The van der Waals surface area contributed by atoms with Gasteiger partial charge in [-0.1, -0.05) is 0 Å². The van der Waals surface area contributed by atoms with Gasteiger partial charge in [0.2, 0.25) is 0 Å². The van der Waals surface area contributed by atoms with E-state index in [0.29, 0.717) is 23.7 Å². The lowest BCUT2D eigenvalue weighted by molar-refractivity contribution is 0.0927. The number of methoxy groups -OCH3 is 2. The van der Waals surface area contributed by atoms with Crippen LogP contribution in [0.4, 0.5) is 0 Å². The Labute approximate surface area is 181 Å². The molecule has 3 rings (SSSR count). The van der Waals surface area contributed by atoms with Crippen LogP contribution in [0.25, 0.3) is 11.3 Å². The lowest BCUT2D eigenvalue weighted by Gasteiger charge is -2.11. The van der Waals surface area contributed by atoms with Gasteiger partial charge in [0.1, 0.15) is 22.9 Å². The largest absolute Gasteiger partial charge is 0.497 e. The standard InChI is InChI=1S/C23H26N4O4/c1-15(2)31-18-7-5-17(6-8-18)21-13-24-14-22(26-21)23(28)27-25-12-16-9-19(29-3)11-20(10-16)30-4/h5-11,13-15,25H,12H2,1-4H3,(H,27,28). The summed E-state index contributed by atoms with van der Waals surface area (Å²) in [7, 11) is 3.18. The summed E-state index contributed by atoms with van der Waals surface area (Å²) in [6.45, 7) is 4.32. The van der Waals surface area contributed by atoms with Crippen LogP contribution in [0.3, 0.4) is 0 Å². The van der Waals surface area contributed by atoms with Crippen LogP contribution in [0.2, 0.25) is 0 Å². The first kappa shape index (κ1) is 22.0. The van der Waals surface area contributed by atoms with Crippen molar-refractivity contribution in [2.75, 3.05) is 14.2 Å². The second-order valence-electron chi connectivity index (χ2n) is 7.01. The molecule has 0 fully saturated rings. The van der Waals surface area contributed by atoms with Gasteiger partial charge in [0.15, 0.2) is 0 Å². The molecule has 8 heteroatoms. The number of nitrogens with zero attached hydrogens (tertiary/aromatic N) is 2. The summed E-state index contributed by atoms with van der Waals surface area (Å²) in [6.07, 6.45) is 3.14. The number of hydrogen-bond donors (Lipinski definition) is 2. The van der Waals surface area contributed by atoms with Gasteiger partial charge < -0.3 is 14.2 Å². The molecule has 0 aliphatic heterocycles. The smallest absolute Gasteiger partial charge is 0.285 e. The van der Waals surface area contributed by atoms with Crippen molar-refractivity contribution in [3.63, 3.8) is 0 Å². The Morgan fingerprint density at radius 1 is 0.968 bits per heavy atom. The first-order valence-electron chi connectivity index (χ1n) is 9.82. The second-order valence-corrected chi connectivity index (χ2v) is 7.01. The highest BCUT2D eigenvalue weighted by Gasteiger charge is 2.10. The quantitative estimate of drug-likeness (QED) is 0.511. The van der Waals surface area contributed by atoms with Crippen molar-refractivity contribution in [3.05, 3.63) is 66.1 Å². The van der Waals surface area contributed by atoms with Crippen LogP contribution in [0, 0.1) is 0 Å². The van der Waals surface area contributed by atoms with Gasteiger partial charge in [0.05, 0.1) is 38.4 Å². The normalized spacial score (nSPS) is 10.6. The number of rotatable bonds is 9. The van der Waals surface area contributed by atoms with E-state index in [2.05, 4.69) is 20.8 Å². The summed E-state index contributed by atoms with van der Waals surface area (Å²) in [5, 5.41) is 0. The van der Waals surface area contributed by atoms with E-state index in [-0.39, 0.29) is 17.7 Å². The zero-order chi connectivity index (χ0) is 22.2. The maximum Gasteiger partial charge on any atom is 0.285 e. The van der Waals surface area contributed by atoms with Gasteiger partial charge >= 0.3 is 0 Å². The number of benzene rings is 2. The van der Waals surface area contributed by atoms with E-state index in [9.17, 15) is 4.79 Å². The molecule has 0 spiro atoms. The Morgan fingerprint density at radius 2 is 1.65 bits per heavy atom. The molecule has 0 radical (unpaired) electrons. The molecule has 8 nitrogen and oxygen atoms in total. The Hall–Kier alpha value is -3.65. The lowest BCUT2D eigenvalue weighted by atomic mass is 10.1. The SMILES string of the molecule is COc1cc(CNNC(=O)c2cncc(-c3ccc(OC(C)C)cc3)n2)cc(OC)c1. The predicted molar refractivity (Wildman–Crippen MR) is 117 cm³/mol. The number of ether oxygens (including phenoxy) is 3. The first-order valence-corrected chi connectivity index (χ1v) is 9.82. The van der Waals surface area contributed by atoms with Crippen LogP contribution in [0.15, 0.2) is 54.9 Å². The molecule has 0 unspecified atom stereocenters. The van der Waals surface area contributed by atoms with Crippen LogP contribution in [-0.2, 0) is 6.54 Å². The minimum Gasteiger partial charge on any atom is -0.497 e. The van der Waals surface area contributed by atoms with Crippen molar-refractivity contribution < 1.29 is 19.0 Å². The zero-order valence-electron chi connectivity index (χ0n) is 18.0. The summed E-state index contributed by atoms with van der Waals surface area (Å²) in [4.78, 5) is 21.1. The monoisotopic (exact) mass is 422 g/mol. The van der Waals surface area contributed by atoms with E-state index in [1.807, 2.05) is 50.2 Å². The summed E-state index contributed by atoms with van der Waals surface area (Å²) >= 11 is 0. The molecule has 0 bridgehead atoms. The van der Waals surface area contributed by atoms with Crippen molar-refractivity contribution in [2.24, 2.45) is 0 Å². The molecule has 0 aliphatic carbocycles. The molecule has 31 heavy (non-hydrogen) atoms. The van der Waals surface area contributed by atoms with Crippen LogP contribution in [0.1, 0.15) is 29.9 Å². The zero-order valence-corrected chi connectivity index (χ0v) is 18.0. The average molecular weight is 422 g/mol. The number of amides is 1. The third-order valence-electron chi connectivity index (χ3n) is 4.29. The number of nitrogens with one attached hydrogen (secondary N) is 2. The van der Waals surface area contributed by atoms with Gasteiger partial charge in [-0.25, -0.2) is 10.4 Å². The molecule has 2 N–H and O–H groups in total. The molecule has 3 aromatic rings. The van der Waals surface area contributed by atoms with Crippen LogP contribution in [-0.4, -0.2) is 36.2 Å². The van der Waals surface area contributed by atoms with E-state index >= 15 is 0 Å². The predicted octanol–water partition coefficient (Wildman–Crippen LogP) is 3.38. The van der Waals surface area contributed by atoms with Gasteiger partial charge in [0, 0.05) is 18.2 Å². The van der Waals surface area contributed by atoms with E-state index < -0.39 is 0 Å². The van der Waals surface area contributed by atoms with Crippen molar-refractivity contribution in [1.29, 1.82) is 0 Å². The fraction of sp³-hybridized carbons (Fsp3) is 0.261. The molecule has 1 amide bonds. The number of carbonyl (C=O) groups excluding carboxylic acids is 1. The number of hydrazine groups is 1. The lowest BCUT2D eigenvalue weighted by Crippen LogP contribution is -2.37. The van der Waals surface area contributed by atoms with Crippen LogP contribution >= 0.6 is 0 Å². The number of aromatic nitrogens is 2. The summed E-state index contributed by atoms with van der Waals surface area (Å²) in [5.41, 5.74) is 8.07. The molecule has 1 heterocycles. The third kappa shape index (κ3) is 6.16. The summed E-state index contributed by atoms with van der Waals surface area (Å²) in [5.74, 6) is 1.74. The Morgan fingerprint density at radius 3 is 2.26 bits per heavy atom. The van der Waals surface area contributed by atoms with E-state index in [4.69, 9.17) is 14.2 Å². The van der Waals surface area contributed by atoms with E-state index in [1.54, 1.807) is 26.5 Å². The van der Waals surface area contributed by atoms with Gasteiger partial charge in [0.25, 0.3) is 5.91 Å². The molecule has 0 saturated carbocycles. The second kappa shape index (κ2) is 10.4. The van der Waals surface area contributed by atoms with Crippen molar-refractivity contribution in [1.82, 2.24) is 20.8 Å². The first-order chi connectivity index (χ1) is 15.0. The molecular formula is C23H26N4O4. The maximum absolute atomic E-state index is 12.5. The van der Waals surface area contributed by atoms with Crippen molar-refractivity contribution in [2.45, 2.75) is 26.5 Å². The van der Waals surface area contributed by atoms with Crippen LogP contribution < -0.4 is 25.1 Å². The van der Waals surface area contributed by atoms with E-state index in [1.165, 1.54) is 6.20 Å². The van der Waals surface area contributed by atoms with Crippen molar-refractivity contribution >= 4 is 5.91 Å². The molecule has 2 aromatic carbocycles. The molecule has 0 saturated heterocycles. The Bertz CT molecular complexity index is 1000.